The van der Waals surface area contributed by atoms with Gasteiger partial charge in [-0.2, -0.15) is 9.90 Å². The normalized spacial score (nSPS) is 10.4. The molecule has 0 saturated carbocycles. The molecule has 0 aliphatic rings. The van der Waals surface area contributed by atoms with Crippen LogP contribution in [0.1, 0.15) is 29.8 Å². The average Bonchev–Trinajstić information content (AvgIpc) is 2.97. The summed E-state index contributed by atoms with van der Waals surface area (Å²) in [6, 6.07) is 5.56. The van der Waals surface area contributed by atoms with E-state index >= 15 is 0 Å². The number of hydrogen-bond acceptors (Lipinski definition) is 4. The lowest BCUT2D eigenvalue weighted by Crippen LogP contribution is -2.25. The van der Waals surface area contributed by atoms with Gasteiger partial charge in [-0.05, 0) is 37.1 Å². The summed E-state index contributed by atoms with van der Waals surface area (Å²) in [4.78, 5) is 23.4. The summed E-state index contributed by atoms with van der Waals surface area (Å²) in [5, 5.41) is 19.1. The van der Waals surface area contributed by atoms with Crippen LogP contribution in [0.2, 0.25) is 0 Å². The summed E-state index contributed by atoms with van der Waals surface area (Å²) >= 11 is 0. The summed E-state index contributed by atoms with van der Waals surface area (Å²) in [7, 11) is 0. The number of carboxylic acid groups (broad SMARTS) is 1. The third-order valence-corrected chi connectivity index (χ3v) is 2.89. The Morgan fingerprint density at radius 2 is 1.95 bits per heavy atom. The molecule has 2 N–H and O–H groups in total. The van der Waals surface area contributed by atoms with Gasteiger partial charge in [-0.15, -0.1) is 5.10 Å². The van der Waals surface area contributed by atoms with Gasteiger partial charge >= 0.3 is 5.97 Å². The molecule has 8 heteroatoms. The molecule has 1 aromatic carbocycles. The van der Waals surface area contributed by atoms with E-state index in [-0.39, 0.29) is 23.8 Å². The number of carbonyl (C=O) groups excluding carboxylic acids is 1. The molecule has 0 radical (unpaired) electrons. The molecular formula is C14H15FN4O3. The third-order valence-electron chi connectivity index (χ3n) is 2.89. The van der Waals surface area contributed by atoms with Crippen molar-refractivity contribution in [3.8, 4) is 5.69 Å². The van der Waals surface area contributed by atoms with Crippen LogP contribution in [0.25, 0.3) is 5.69 Å². The van der Waals surface area contributed by atoms with Crippen molar-refractivity contribution in [3.05, 3.63) is 42.0 Å². The van der Waals surface area contributed by atoms with Crippen LogP contribution in [0, 0.1) is 5.82 Å². The van der Waals surface area contributed by atoms with Crippen LogP contribution in [0.15, 0.2) is 30.5 Å². The fourth-order valence-corrected chi connectivity index (χ4v) is 1.76. The van der Waals surface area contributed by atoms with Crippen LogP contribution in [0.3, 0.4) is 0 Å². The Labute approximate surface area is 125 Å². The molecule has 1 aromatic heterocycles. The van der Waals surface area contributed by atoms with E-state index in [1.54, 1.807) is 0 Å². The lowest BCUT2D eigenvalue weighted by Gasteiger charge is -2.02. The lowest BCUT2D eigenvalue weighted by atomic mass is 10.2. The minimum absolute atomic E-state index is 0.0800. The fourth-order valence-electron chi connectivity index (χ4n) is 1.76. The molecule has 7 nitrogen and oxygen atoms in total. The monoisotopic (exact) mass is 306 g/mol. The van der Waals surface area contributed by atoms with Gasteiger partial charge in [0.25, 0.3) is 5.91 Å². The summed E-state index contributed by atoms with van der Waals surface area (Å²) in [6.45, 7) is 0.371. The minimum atomic E-state index is -0.853. The molecule has 116 valence electrons. The zero-order chi connectivity index (χ0) is 15.9. The zero-order valence-electron chi connectivity index (χ0n) is 11.7. The molecule has 0 aliphatic heterocycles. The van der Waals surface area contributed by atoms with E-state index in [0.717, 1.165) is 0 Å². The average molecular weight is 306 g/mol. The van der Waals surface area contributed by atoms with E-state index in [1.165, 1.54) is 35.3 Å². The van der Waals surface area contributed by atoms with E-state index < -0.39 is 5.97 Å². The van der Waals surface area contributed by atoms with Gasteiger partial charge in [0.05, 0.1) is 11.9 Å². The van der Waals surface area contributed by atoms with E-state index in [9.17, 15) is 14.0 Å². The summed E-state index contributed by atoms with van der Waals surface area (Å²) < 4.78 is 12.8. The summed E-state index contributed by atoms with van der Waals surface area (Å²) in [5.74, 6) is -1.60. The van der Waals surface area contributed by atoms with Crippen LogP contribution in [-0.4, -0.2) is 38.5 Å². The van der Waals surface area contributed by atoms with Gasteiger partial charge in [0.2, 0.25) is 0 Å². The molecule has 0 atom stereocenters. The molecule has 0 spiro atoms. The van der Waals surface area contributed by atoms with Gasteiger partial charge in [-0.3, -0.25) is 9.59 Å². The first-order valence-electron chi connectivity index (χ1n) is 6.74. The molecule has 0 saturated heterocycles. The molecule has 2 rings (SSSR count). The Morgan fingerprint density at radius 1 is 1.23 bits per heavy atom. The maximum Gasteiger partial charge on any atom is 0.303 e. The second kappa shape index (κ2) is 7.30. The molecule has 0 fully saturated rings. The lowest BCUT2D eigenvalue weighted by molar-refractivity contribution is -0.137. The van der Waals surface area contributed by atoms with Crippen molar-refractivity contribution >= 4 is 11.9 Å². The maximum absolute atomic E-state index is 12.8. The minimum Gasteiger partial charge on any atom is -0.481 e. The molecule has 1 amide bonds. The zero-order valence-corrected chi connectivity index (χ0v) is 11.7. The molecule has 22 heavy (non-hydrogen) atoms. The third kappa shape index (κ3) is 4.37. The summed E-state index contributed by atoms with van der Waals surface area (Å²) in [6.07, 6.45) is 2.47. The number of benzene rings is 1. The Hall–Kier alpha value is -2.77. The van der Waals surface area contributed by atoms with Crippen LogP contribution in [-0.2, 0) is 4.79 Å². The number of rotatable bonds is 7. The van der Waals surface area contributed by atoms with E-state index in [2.05, 4.69) is 15.5 Å². The van der Waals surface area contributed by atoms with Crippen molar-refractivity contribution in [2.75, 3.05) is 6.54 Å². The van der Waals surface area contributed by atoms with Gasteiger partial charge in [0.1, 0.15) is 5.82 Å². The number of carbonyl (C=O) groups is 2. The highest BCUT2D eigenvalue weighted by Gasteiger charge is 2.11. The van der Waals surface area contributed by atoms with Crippen LogP contribution < -0.4 is 5.32 Å². The molecule has 1 heterocycles. The van der Waals surface area contributed by atoms with Crippen molar-refractivity contribution in [2.24, 2.45) is 0 Å². The molecule has 0 bridgehead atoms. The van der Waals surface area contributed by atoms with Crippen LogP contribution in [0.5, 0.6) is 0 Å². The van der Waals surface area contributed by atoms with E-state index in [0.29, 0.717) is 25.1 Å². The first-order chi connectivity index (χ1) is 10.6. The first kappa shape index (κ1) is 15.6. The van der Waals surface area contributed by atoms with Gasteiger partial charge in [-0.1, -0.05) is 0 Å². The highest BCUT2D eigenvalue weighted by atomic mass is 19.1. The highest BCUT2D eigenvalue weighted by molar-refractivity contribution is 5.91. The Bertz CT molecular complexity index is 654. The van der Waals surface area contributed by atoms with E-state index in [1.807, 2.05) is 0 Å². The predicted octanol–water partition coefficient (Wildman–Crippen LogP) is 1.39. The number of nitrogens with zero attached hydrogens (tertiary/aromatic N) is 3. The fraction of sp³-hybridized carbons (Fsp3) is 0.286. The number of nitrogens with one attached hydrogen (secondary N) is 1. The second-order valence-corrected chi connectivity index (χ2v) is 4.60. The molecule has 0 aliphatic carbocycles. The number of hydrogen-bond donors (Lipinski definition) is 2. The van der Waals surface area contributed by atoms with Gasteiger partial charge < -0.3 is 10.4 Å². The Morgan fingerprint density at radius 3 is 2.64 bits per heavy atom. The number of amides is 1. The Kier molecular flexibility index (Phi) is 5.18. The Balaban J connectivity index is 1.86. The molecular weight excluding hydrogens is 291 g/mol. The molecule has 2 aromatic rings. The van der Waals surface area contributed by atoms with Gasteiger partial charge in [0, 0.05) is 13.0 Å². The topological polar surface area (TPSA) is 97.1 Å². The largest absolute Gasteiger partial charge is 0.481 e. The predicted molar refractivity (Wildman–Crippen MR) is 75.1 cm³/mol. The van der Waals surface area contributed by atoms with Crippen molar-refractivity contribution in [1.82, 2.24) is 20.3 Å². The highest BCUT2D eigenvalue weighted by Crippen LogP contribution is 2.07. The van der Waals surface area contributed by atoms with Crippen molar-refractivity contribution in [2.45, 2.75) is 19.3 Å². The van der Waals surface area contributed by atoms with Crippen molar-refractivity contribution < 1.29 is 19.1 Å². The maximum atomic E-state index is 12.8. The number of carboxylic acids is 1. The standard InChI is InChI=1S/C14H15FN4O3/c15-10-4-6-11(7-5-10)19-17-9-12(18-19)14(22)16-8-2-1-3-13(20)21/h4-7,9H,1-3,8H2,(H,16,22)(H,20,21). The molecule has 0 unspecified atom stereocenters. The van der Waals surface area contributed by atoms with E-state index in [4.69, 9.17) is 5.11 Å². The number of aliphatic carboxylic acids is 1. The smallest absolute Gasteiger partial charge is 0.303 e. The van der Waals surface area contributed by atoms with Crippen LogP contribution >= 0.6 is 0 Å². The van der Waals surface area contributed by atoms with Gasteiger partial charge in [-0.25, -0.2) is 4.39 Å². The number of aromatic nitrogens is 3. The number of halogens is 1. The van der Waals surface area contributed by atoms with Crippen LogP contribution in [0.4, 0.5) is 4.39 Å². The second-order valence-electron chi connectivity index (χ2n) is 4.60. The van der Waals surface area contributed by atoms with Gasteiger partial charge in [0.15, 0.2) is 5.69 Å². The summed E-state index contributed by atoms with van der Waals surface area (Å²) in [5.41, 5.74) is 0.685. The first-order valence-corrected chi connectivity index (χ1v) is 6.74. The van der Waals surface area contributed by atoms with Crippen molar-refractivity contribution in [1.29, 1.82) is 0 Å². The van der Waals surface area contributed by atoms with Crippen molar-refractivity contribution in [3.63, 3.8) is 0 Å². The number of unbranched alkanes of at least 4 members (excludes halogenated alkanes) is 1. The quantitative estimate of drug-likeness (QED) is 0.753. The SMILES string of the molecule is O=C(O)CCCCNC(=O)c1cnn(-c2ccc(F)cc2)n1.